The molecule has 0 saturated heterocycles. The largest absolute Gasteiger partial charge is 0.403 e. The zero-order valence-electron chi connectivity index (χ0n) is 13.1. The van der Waals surface area contributed by atoms with Crippen LogP contribution >= 0.6 is 0 Å². The summed E-state index contributed by atoms with van der Waals surface area (Å²) < 4.78 is 39.7. The minimum atomic E-state index is -4.51. The van der Waals surface area contributed by atoms with Crippen LogP contribution in [0.5, 0.6) is 0 Å². The predicted molar refractivity (Wildman–Crippen MR) is 79.3 cm³/mol. The fourth-order valence-electron chi connectivity index (χ4n) is 2.06. The Balaban J connectivity index is 2.89. The molecule has 22 heavy (non-hydrogen) atoms. The minimum Gasteiger partial charge on any atom is -0.394 e. The molecule has 3 nitrogen and oxygen atoms in total. The average molecular weight is 319 g/mol. The van der Waals surface area contributed by atoms with Crippen LogP contribution in [-0.4, -0.2) is 35.1 Å². The molecule has 3 atom stereocenters. The van der Waals surface area contributed by atoms with Gasteiger partial charge in [0.25, 0.3) is 0 Å². The Morgan fingerprint density at radius 2 is 1.64 bits per heavy atom. The van der Waals surface area contributed by atoms with E-state index in [0.29, 0.717) is 5.56 Å². The Kier molecular flexibility index (Phi) is 6.40. The van der Waals surface area contributed by atoms with Crippen LogP contribution in [-0.2, 0) is 0 Å². The SMILES string of the molecule is CC(C)(C)C(O)C[C@@H](N[C@@H](CO)c1ccccc1)C(F)(F)F. The second-order valence-corrected chi connectivity index (χ2v) is 6.52. The second kappa shape index (κ2) is 7.44. The fraction of sp³-hybridized carbons (Fsp3) is 0.625. The zero-order valence-corrected chi connectivity index (χ0v) is 13.1. The quantitative estimate of drug-likeness (QED) is 0.755. The van der Waals surface area contributed by atoms with Crippen LogP contribution in [0.3, 0.4) is 0 Å². The summed E-state index contributed by atoms with van der Waals surface area (Å²) in [6.07, 6.45) is -6.08. The van der Waals surface area contributed by atoms with Gasteiger partial charge < -0.3 is 10.2 Å². The highest BCUT2D eigenvalue weighted by Crippen LogP contribution is 2.31. The van der Waals surface area contributed by atoms with E-state index >= 15 is 0 Å². The average Bonchev–Trinajstić information content (AvgIpc) is 2.41. The number of halogens is 3. The lowest BCUT2D eigenvalue weighted by atomic mass is 9.85. The number of nitrogens with one attached hydrogen (secondary N) is 1. The van der Waals surface area contributed by atoms with E-state index in [9.17, 15) is 23.4 Å². The van der Waals surface area contributed by atoms with Gasteiger partial charge in [-0.05, 0) is 17.4 Å². The molecular weight excluding hydrogens is 295 g/mol. The smallest absolute Gasteiger partial charge is 0.394 e. The standard InChI is InChI=1S/C16H24F3NO2/c1-15(2,3)14(22)9-13(16(17,18)19)20-12(10-21)11-7-5-4-6-8-11/h4-8,12-14,20-22H,9-10H2,1-3H3/t12-,13+,14?/m0/s1. The number of aliphatic hydroxyl groups is 2. The molecule has 0 spiro atoms. The first-order chi connectivity index (χ1) is 10.1. The van der Waals surface area contributed by atoms with Gasteiger partial charge in [0.1, 0.15) is 6.04 Å². The molecule has 0 aliphatic heterocycles. The lowest BCUT2D eigenvalue weighted by molar-refractivity contribution is -0.168. The Morgan fingerprint density at radius 1 is 1.09 bits per heavy atom. The summed E-state index contributed by atoms with van der Waals surface area (Å²) in [7, 11) is 0. The first-order valence-electron chi connectivity index (χ1n) is 7.22. The summed E-state index contributed by atoms with van der Waals surface area (Å²) in [5.74, 6) is 0. The monoisotopic (exact) mass is 319 g/mol. The van der Waals surface area contributed by atoms with Crippen LogP contribution in [0.1, 0.15) is 38.8 Å². The summed E-state index contributed by atoms with van der Waals surface area (Å²) in [4.78, 5) is 0. The Bertz CT molecular complexity index is 443. The van der Waals surface area contributed by atoms with Crippen LogP contribution in [0.15, 0.2) is 30.3 Å². The van der Waals surface area contributed by atoms with E-state index in [0.717, 1.165) is 0 Å². The second-order valence-electron chi connectivity index (χ2n) is 6.52. The number of alkyl halides is 3. The van der Waals surface area contributed by atoms with Gasteiger partial charge in [-0.15, -0.1) is 0 Å². The topological polar surface area (TPSA) is 52.5 Å². The molecule has 1 unspecified atom stereocenters. The molecule has 0 saturated carbocycles. The van der Waals surface area contributed by atoms with E-state index in [1.165, 1.54) is 0 Å². The Morgan fingerprint density at radius 3 is 2.05 bits per heavy atom. The van der Waals surface area contributed by atoms with Gasteiger partial charge in [0, 0.05) is 0 Å². The van der Waals surface area contributed by atoms with Crippen LogP contribution in [0.2, 0.25) is 0 Å². The van der Waals surface area contributed by atoms with Crippen molar-refractivity contribution in [3.05, 3.63) is 35.9 Å². The van der Waals surface area contributed by atoms with Crippen molar-refractivity contribution in [2.24, 2.45) is 5.41 Å². The highest BCUT2D eigenvalue weighted by Gasteiger charge is 2.43. The van der Waals surface area contributed by atoms with E-state index in [-0.39, 0.29) is 0 Å². The van der Waals surface area contributed by atoms with Gasteiger partial charge in [-0.1, -0.05) is 51.1 Å². The van der Waals surface area contributed by atoms with Crippen molar-refractivity contribution in [1.29, 1.82) is 0 Å². The number of hydrogen-bond acceptors (Lipinski definition) is 3. The molecule has 0 aliphatic carbocycles. The van der Waals surface area contributed by atoms with E-state index < -0.39 is 42.8 Å². The summed E-state index contributed by atoms with van der Waals surface area (Å²) in [5.41, 5.74) is -0.0726. The van der Waals surface area contributed by atoms with Gasteiger partial charge in [0.05, 0.1) is 18.8 Å². The molecule has 0 aliphatic rings. The maximum atomic E-state index is 13.2. The molecule has 1 rings (SSSR count). The molecular formula is C16H24F3NO2. The van der Waals surface area contributed by atoms with Gasteiger partial charge in [-0.3, -0.25) is 5.32 Å². The third kappa shape index (κ3) is 5.59. The third-order valence-electron chi connectivity index (χ3n) is 3.64. The van der Waals surface area contributed by atoms with Crippen molar-refractivity contribution in [1.82, 2.24) is 5.32 Å². The maximum absolute atomic E-state index is 13.2. The molecule has 1 aromatic carbocycles. The van der Waals surface area contributed by atoms with Crippen LogP contribution < -0.4 is 5.32 Å². The lowest BCUT2D eigenvalue weighted by Crippen LogP contribution is -2.48. The van der Waals surface area contributed by atoms with Crippen LogP contribution in [0.25, 0.3) is 0 Å². The molecule has 0 radical (unpaired) electrons. The van der Waals surface area contributed by atoms with Gasteiger partial charge in [0.15, 0.2) is 0 Å². The highest BCUT2D eigenvalue weighted by atomic mass is 19.4. The van der Waals surface area contributed by atoms with Gasteiger partial charge in [0.2, 0.25) is 0 Å². The van der Waals surface area contributed by atoms with E-state index in [2.05, 4.69) is 5.32 Å². The lowest BCUT2D eigenvalue weighted by Gasteiger charge is -2.33. The normalized spacial score (nSPS) is 17.1. The van der Waals surface area contributed by atoms with E-state index in [1.54, 1.807) is 51.1 Å². The predicted octanol–water partition coefficient (Wildman–Crippen LogP) is 3.04. The first kappa shape index (κ1) is 18.9. The molecule has 0 heterocycles. The minimum absolute atomic E-state index is 0.456. The van der Waals surface area contributed by atoms with Crippen LogP contribution in [0, 0.1) is 5.41 Å². The van der Waals surface area contributed by atoms with Crippen molar-refractivity contribution >= 4 is 0 Å². The number of rotatable bonds is 6. The first-order valence-corrected chi connectivity index (χ1v) is 7.22. The molecule has 1 aromatic rings. The van der Waals surface area contributed by atoms with Gasteiger partial charge >= 0.3 is 6.18 Å². The fourth-order valence-corrected chi connectivity index (χ4v) is 2.06. The van der Waals surface area contributed by atoms with Crippen molar-refractivity contribution < 1.29 is 23.4 Å². The molecule has 0 fully saturated rings. The summed E-state index contributed by atoms with van der Waals surface area (Å²) in [5, 5.41) is 21.8. The van der Waals surface area contributed by atoms with Gasteiger partial charge in [-0.2, -0.15) is 13.2 Å². The molecule has 126 valence electrons. The Hall–Kier alpha value is -1.11. The molecule has 0 bridgehead atoms. The van der Waals surface area contributed by atoms with Crippen LogP contribution in [0.4, 0.5) is 13.2 Å². The molecule has 6 heteroatoms. The Labute approximate surface area is 129 Å². The molecule has 0 aromatic heterocycles. The summed E-state index contributed by atoms with van der Waals surface area (Å²) >= 11 is 0. The zero-order chi connectivity index (χ0) is 17.0. The highest BCUT2D eigenvalue weighted by molar-refractivity contribution is 5.19. The molecule has 3 N–H and O–H groups in total. The molecule has 0 amide bonds. The number of hydrogen-bond donors (Lipinski definition) is 3. The maximum Gasteiger partial charge on any atom is 0.403 e. The van der Waals surface area contributed by atoms with Crippen molar-refractivity contribution in [3.63, 3.8) is 0 Å². The van der Waals surface area contributed by atoms with Crippen molar-refractivity contribution in [3.8, 4) is 0 Å². The summed E-state index contributed by atoms with van der Waals surface area (Å²) in [6, 6.07) is 5.74. The van der Waals surface area contributed by atoms with E-state index in [4.69, 9.17) is 0 Å². The van der Waals surface area contributed by atoms with Crippen molar-refractivity contribution in [2.45, 2.75) is 51.6 Å². The number of benzene rings is 1. The van der Waals surface area contributed by atoms with Crippen molar-refractivity contribution in [2.75, 3.05) is 6.61 Å². The third-order valence-corrected chi connectivity index (χ3v) is 3.64. The van der Waals surface area contributed by atoms with Gasteiger partial charge in [-0.25, -0.2) is 0 Å². The van der Waals surface area contributed by atoms with E-state index in [1.807, 2.05) is 0 Å². The summed E-state index contributed by atoms with van der Waals surface area (Å²) in [6.45, 7) is 4.60. The number of aliphatic hydroxyl groups excluding tert-OH is 2.